The topological polar surface area (TPSA) is 74.5 Å². The molecule has 0 amide bonds. The summed E-state index contributed by atoms with van der Waals surface area (Å²) < 4.78 is 0. The summed E-state index contributed by atoms with van der Waals surface area (Å²) in [4.78, 5) is 13.1. The fraction of sp³-hybridized carbons (Fsp3) is 0.400. The number of hydrogen-bond donors (Lipinski definition) is 0. The number of nitrogens with zero attached hydrogens (tertiary/aromatic N) is 5. The van der Waals surface area contributed by atoms with Crippen LogP contribution in [0.4, 0.5) is 5.95 Å². The molecule has 17 heavy (non-hydrogen) atoms. The molecular formula is C10H8ClN5S. The van der Waals surface area contributed by atoms with E-state index in [0.717, 1.165) is 23.1 Å². The van der Waals surface area contributed by atoms with Crippen LogP contribution in [0.25, 0.3) is 20.7 Å². The summed E-state index contributed by atoms with van der Waals surface area (Å²) >= 11 is 7.78. The zero-order valence-corrected chi connectivity index (χ0v) is 10.4. The highest BCUT2D eigenvalue weighted by molar-refractivity contribution is 7.19. The van der Waals surface area contributed by atoms with E-state index in [2.05, 4.69) is 20.0 Å². The fourth-order valence-electron chi connectivity index (χ4n) is 2.19. The lowest BCUT2D eigenvalue weighted by molar-refractivity contribution is 0.700. The van der Waals surface area contributed by atoms with Gasteiger partial charge in [0.25, 0.3) is 0 Å². The number of rotatable bonds is 1. The van der Waals surface area contributed by atoms with Crippen molar-refractivity contribution in [2.24, 2.45) is 5.11 Å². The first-order valence-electron chi connectivity index (χ1n) is 5.32. The van der Waals surface area contributed by atoms with Crippen molar-refractivity contribution in [3.05, 3.63) is 26.0 Å². The van der Waals surface area contributed by atoms with Gasteiger partial charge in [-0.3, -0.25) is 0 Å². The van der Waals surface area contributed by atoms with E-state index in [9.17, 15) is 0 Å². The minimum absolute atomic E-state index is 0.101. The molecule has 0 fully saturated rings. The molecule has 2 aromatic rings. The minimum Gasteiger partial charge on any atom is -0.216 e. The number of azide groups is 1. The Morgan fingerprint density at radius 3 is 2.94 bits per heavy atom. The molecule has 1 aliphatic carbocycles. The van der Waals surface area contributed by atoms with Gasteiger partial charge in [-0.2, -0.15) is 0 Å². The van der Waals surface area contributed by atoms with Gasteiger partial charge < -0.3 is 0 Å². The molecule has 2 aromatic heterocycles. The fourth-order valence-corrected chi connectivity index (χ4v) is 3.78. The summed E-state index contributed by atoms with van der Waals surface area (Å²) in [5.41, 5.74) is 9.67. The van der Waals surface area contributed by atoms with Gasteiger partial charge in [0.2, 0.25) is 5.95 Å². The van der Waals surface area contributed by atoms with Crippen LogP contribution in [0.15, 0.2) is 5.11 Å². The normalized spacial score (nSPS) is 14.4. The van der Waals surface area contributed by atoms with Gasteiger partial charge in [-0.15, -0.1) is 11.3 Å². The third-order valence-corrected chi connectivity index (χ3v) is 4.35. The van der Waals surface area contributed by atoms with Crippen LogP contribution in [0.5, 0.6) is 0 Å². The van der Waals surface area contributed by atoms with E-state index in [1.54, 1.807) is 11.3 Å². The van der Waals surface area contributed by atoms with Crippen molar-refractivity contribution in [3.8, 4) is 0 Å². The van der Waals surface area contributed by atoms with E-state index in [0.29, 0.717) is 5.15 Å². The lowest BCUT2D eigenvalue weighted by Gasteiger charge is -2.10. The van der Waals surface area contributed by atoms with E-state index >= 15 is 0 Å². The van der Waals surface area contributed by atoms with Gasteiger partial charge >= 0.3 is 0 Å². The predicted molar refractivity (Wildman–Crippen MR) is 67.9 cm³/mol. The molecule has 86 valence electrons. The second-order valence-electron chi connectivity index (χ2n) is 3.89. The summed E-state index contributed by atoms with van der Waals surface area (Å²) in [7, 11) is 0. The van der Waals surface area contributed by atoms with Crippen LogP contribution in [0.1, 0.15) is 23.3 Å². The predicted octanol–water partition coefficient (Wildman–Crippen LogP) is 4.17. The van der Waals surface area contributed by atoms with E-state index < -0.39 is 0 Å². The van der Waals surface area contributed by atoms with E-state index in [-0.39, 0.29) is 5.95 Å². The van der Waals surface area contributed by atoms with Gasteiger partial charge in [-0.1, -0.05) is 11.6 Å². The standard InChI is InChI=1S/C10H8ClN5S/c11-8-7-5-3-1-2-4-6(5)17-9(7)14-10(13-8)15-16-12/h1-4H2. The molecule has 0 radical (unpaired) electrons. The van der Waals surface area contributed by atoms with Gasteiger partial charge in [-0.25, -0.2) is 9.97 Å². The largest absolute Gasteiger partial charge is 0.219 e. The number of halogens is 1. The second-order valence-corrected chi connectivity index (χ2v) is 5.34. The van der Waals surface area contributed by atoms with Gasteiger partial charge in [0, 0.05) is 9.79 Å². The first-order valence-corrected chi connectivity index (χ1v) is 6.52. The van der Waals surface area contributed by atoms with Crippen LogP contribution in [0.3, 0.4) is 0 Å². The van der Waals surface area contributed by atoms with Gasteiger partial charge in [0.05, 0.1) is 5.39 Å². The summed E-state index contributed by atoms with van der Waals surface area (Å²) in [6.07, 6.45) is 4.53. The average Bonchev–Trinajstić information content (AvgIpc) is 2.67. The maximum atomic E-state index is 8.38. The van der Waals surface area contributed by atoms with Crippen LogP contribution in [0.2, 0.25) is 5.15 Å². The van der Waals surface area contributed by atoms with Crippen LogP contribution in [-0.2, 0) is 12.8 Å². The molecule has 5 nitrogen and oxygen atoms in total. The van der Waals surface area contributed by atoms with Crippen molar-refractivity contribution in [1.82, 2.24) is 9.97 Å². The lowest BCUT2D eigenvalue weighted by Crippen LogP contribution is -1.98. The Bertz CT molecular complexity index is 644. The van der Waals surface area contributed by atoms with Crippen LogP contribution < -0.4 is 0 Å². The molecule has 0 aromatic carbocycles. The number of hydrogen-bond acceptors (Lipinski definition) is 4. The highest BCUT2D eigenvalue weighted by atomic mass is 35.5. The molecule has 0 saturated heterocycles. The van der Waals surface area contributed by atoms with Crippen molar-refractivity contribution >= 4 is 39.1 Å². The number of aromatic nitrogens is 2. The summed E-state index contributed by atoms with van der Waals surface area (Å²) in [6.45, 7) is 0. The van der Waals surface area contributed by atoms with Crippen molar-refractivity contribution in [2.75, 3.05) is 0 Å². The summed E-state index contributed by atoms with van der Waals surface area (Å²) in [5, 5.41) is 4.75. The Labute approximate surface area is 106 Å². The Balaban J connectivity index is 2.30. The van der Waals surface area contributed by atoms with Crippen LogP contribution in [-0.4, -0.2) is 9.97 Å². The monoisotopic (exact) mass is 265 g/mol. The van der Waals surface area contributed by atoms with Gasteiger partial charge in [0.1, 0.15) is 9.98 Å². The molecule has 3 rings (SSSR count). The Hall–Kier alpha value is -1.36. The molecule has 0 saturated carbocycles. The third kappa shape index (κ3) is 1.74. The van der Waals surface area contributed by atoms with E-state index in [1.807, 2.05) is 0 Å². The molecule has 7 heteroatoms. The molecule has 0 atom stereocenters. The SMILES string of the molecule is [N-]=[N+]=Nc1nc(Cl)c2c3c(sc2n1)CCCC3. The van der Waals surface area contributed by atoms with E-state index in [1.165, 1.54) is 23.3 Å². The quantitative estimate of drug-likeness (QED) is 0.336. The van der Waals surface area contributed by atoms with E-state index in [4.69, 9.17) is 17.1 Å². The Morgan fingerprint density at radius 1 is 1.29 bits per heavy atom. The van der Waals surface area contributed by atoms with Crippen molar-refractivity contribution in [3.63, 3.8) is 0 Å². The lowest BCUT2D eigenvalue weighted by atomic mass is 9.97. The maximum absolute atomic E-state index is 8.38. The van der Waals surface area contributed by atoms with Crippen molar-refractivity contribution in [2.45, 2.75) is 25.7 Å². The highest BCUT2D eigenvalue weighted by Gasteiger charge is 2.19. The maximum Gasteiger partial charge on any atom is 0.219 e. The van der Waals surface area contributed by atoms with Crippen LogP contribution >= 0.6 is 22.9 Å². The molecule has 0 aliphatic heterocycles. The number of aryl methyl sites for hydroxylation is 2. The zero-order chi connectivity index (χ0) is 11.8. The first-order chi connectivity index (χ1) is 8.29. The smallest absolute Gasteiger partial charge is 0.216 e. The molecule has 0 spiro atoms. The molecule has 1 aliphatic rings. The third-order valence-electron chi connectivity index (χ3n) is 2.89. The first kappa shape index (κ1) is 10.8. The Morgan fingerprint density at radius 2 is 2.12 bits per heavy atom. The summed E-state index contributed by atoms with van der Waals surface area (Å²) in [5.74, 6) is 0.101. The van der Waals surface area contributed by atoms with Crippen molar-refractivity contribution in [1.29, 1.82) is 0 Å². The molecular weight excluding hydrogens is 258 g/mol. The Kier molecular flexibility index (Phi) is 2.63. The molecule has 0 bridgehead atoms. The molecule has 0 N–H and O–H groups in total. The number of thiophene rings is 1. The van der Waals surface area contributed by atoms with Crippen LogP contribution in [0, 0.1) is 0 Å². The number of fused-ring (bicyclic) bond motifs is 3. The second kappa shape index (κ2) is 4.14. The molecule has 0 unspecified atom stereocenters. The minimum atomic E-state index is 0.101. The van der Waals surface area contributed by atoms with Gasteiger partial charge in [-0.05, 0) is 41.9 Å². The average molecular weight is 266 g/mol. The van der Waals surface area contributed by atoms with Crippen molar-refractivity contribution < 1.29 is 0 Å². The molecule has 2 heterocycles. The zero-order valence-electron chi connectivity index (χ0n) is 8.85. The highest BCUT2D eigenvalue weighted by Crippen LogP contribution is 2.38. The summed E-state index contributed by atoms with van der Waals surface area (Å²) in [6, 6.07) is 0. The van der Waals surface area contributed by atoms with Gasteiger partial charge in [0.15, 0.2) is 0 Å².